The van der Waals surface area contributed by atoms with Crippen molar-refractivity contribution in [1.29, 1.82) is 0 Å². The summed E-state index contributed by atoms with van der Waals surface area (Å²) in [7, 11) is 0. The Bertz CT molecular complexity index is 804. The Hall–Kier alpha value is -2.26. The second-order valence-corrected chi connectivity index (χ2v) is 5.08. The average molecular weight is 266 g/mol. The van der Waals surface area contributed by atoms with Gasteiger partial charge in [0, 0.05) is 21.0 Å². The number of hydrogen-bond acceptors (Lipinski definition) is 3. The van der Waals surface area contributed by atoms with Crippen molar-refractivity contribution in [2.45, 2.75) is 0 Å². The number of rotatable bonds is 2. The fraction of sp³-hybridized carbons (Fsp3) is 0. The van der Waals surface area contributed by atoms with Crippen molar-refractivity contribution in [3.63, 3.8) is 0 Å². The second kappa shape index (κ2) is 4.78. The standard InChI is InChI=1S/C16H10O2S/c17-15(11-6-2-1-3-7-11)13-10-19-14-9-5-4-8-12(14)16(13)18/h1-10H. The molecule has 1 aromatic heterocycles. The first-order valence-electron chi connectivity index (χ1n) is 5.87. The SMILES string of the molecule is O=C(c1ccccc1)c1csc2ccccc2c1=O. The van der Waals surface area contributed by atoms with Gasteiger partial charge in [0.1, 0.15) is 0 Å². The normalized spacial score (nSPS) is 10.5. The molecule has 3 aromatic rings. The summed E-state index contributed by atoms with van der Waals surface area (Å²) < 4.78 is 0.900. The molecule has 0 aliphatic rings. The summed E-state index contributed by atoms with van der Waals surface area (Å²) in [6, 6.07) is 16.2. The number of hydrogen-bond donors (Lipinski definition) is 0. The summed E-state index contributed by atoms with van der Waals surface area (Å²) in [5.41, 5.74) is 0.597. The first kappa shape index (κ1) is 11.8. The van der Waals surface area contributed by atoms with Crippen LogP contribution in [0.1, 0.15) is 15.9 Å². The molecule has 0 aliphatic heterocycles. The fourth-order valence-corrected chi connectivity index (χ4v) is 2.88. The highest BCUT2D eigenvalue weighted by atomic mass is 32.1. The van der Waals surface area contributed by atoms with Crippen LogP contribution in [0.15, 0.2) is 64.8 Å². The van der Waals surface area contributed by atoms with Crippen molar-refractivity contribution in [1.82, 2.24) is 0 Å². The van der Waals surface area contributed by atoms with Gasteiger partial charge in [-0.3, -0.25) is 9.59 Å². The van der Waals surface area contributed by atoms with E-state index in [0.29, 0.717) is 10.9 Å². The van der Waals surface area contributed by atoms with Crippen molar-refractivity contribution in [3.05, 3.63) is 81.3 Å². The maximum atomic E-state index is 12.3. The number of benzene rings is 2. The zero-order chi connectivity index (χ0) is 13.2. The monoisotopic (exact) mass is 266 g/mol. The Labute approximate surface area is 114 Å². The molecule has 19 heavy (non-hydrogen) atoms. The van der Waals surface area contributed by atoms with Gasteiger partial charge in [-0.2, -0.15) is 0 Å². The van der Waals surface area contributed by atoms with Crippen LogP contribution in [0.4, 0.5) is 0 Å². The quantitative estimate of drug-likeness (QED) is 0.665. The van der Waals surface area contributed by atoms with Gasteiger partial charge in [0.2, 0.25) is 0 Å². The van der Waals surface area contributed by atoms with Crippen LogP contribution in [-0.2, 0) is 0 Å². The van der Waals surface area contributed by atoms with Crippen LogP contribution in [-0.4, -0.2) is 5.78 Å². The zero-order valence-electron chi connectivity index (χ0n) is 10.00. The van der Waals surface area contributed by atoms with Crippen LogP contribution in [0.3, 0.4) is 0 Å². The number of ketones is 1. The third-order valence-corrected chi connectivity index (χ3v) is 3.92. The van der Waals surface area contributed by atoms with Gasteiger partial charge < -0.3 is 0 Å². The predicted octanol–water partition coefficient (Wildman–Crippen LogP) is 3.49. The van der Waals surface area contributed by atoms with Crippen LogP contribution in [0.5, 0.6) is 0 Å². The largest absolute Gasteiger partial charge is 0.288 e. The van der Waals surface area contributed by atoms with E-state index < -0.39 is 0 Å². The highest BCUT2D eigenvalue weighted by Crippen LogP contribution is 2.18. The molecular formula is C16H10O2S. The lowest BCUT2D eigenvalue weighted by Crippen LogP contribution is -2.14. The van der Waals surface area contributed by atoms with Crippen molar-refractivity contribution in [3.8, 4) is 0 Å². The molecule has 0 bridgehead atoms. The smallest absolute Gasteiger partial charge is 0.199 e. The van der Waals surface area contributed by atoms with E-state index in [0.717, 1.165) is 4.70 Å². The molecule has 0 spiro atoms. The number of fused-ring (bicyclic) bond motifs is 1. The van der Waals surface area contributed by atoms with Crippen LogP contribution < -0.4 is 5.43 Å². The Morgan fingerprint density at radius 1 is 0.895 bits per heavy atom. The van der Waals surface area contributed by atoms with Crippen LogP contribution in [0, 0.1) is 0 Å². The van der Waals surface area contributed by atoms with E-state index in [1.807, 2.05) is 24.3 Å². The predicted molar refractivity (Wildman–Crippen MR) is 78.0 cm³/mol. The van der Waals surface area contributed by atoms with Gasteiger partial charge in [-0.05, 0) is 12.1 Å². The molecule has 2 aromatic carbocycles. The lowest BCUT2D eigenvalue weighted by molar-refractivity contribution is 0.103. The van der Waals surface area contributed by atoms with E-state index in [9.17, 15) is 9.59 Å². The van der Waals surface area contributed by atoms with Gasteiger partial charge in [-0.15, -0.1) is 11.3 Å². The summed E-state index contributed by atoms with van der Waals surface area (Å²) >= 11 is 1.42. The van der Waals surface area contributed by atoms with Gasteiger partial charge in [-0.1, -0.05) is 42.5 Å². The molecule has 0 saturated heterocycles. The second-order valence-electron chi connectivity index (χ2n) is 4.17. The highest BCUT2D eigenvalue weighted by molar-refractivity contribution is 7.16. The Morgan fingerprint density at radius 3 is 2.37 bits per heavy atom. The third kappa shape index (κ3) is 2.09. The van der Waals surface area contributed by atoms with Gasteiger partial charge in [0.05, 0.1) is 5.56 Å². The van der Waals surface area contributed by atoms with E-state index in [1.54, 1.807) is 35.7 Å². The third-order valence-electron chi connectivity index (χ3n) is 2.96. The van der Waals surface area contributed by atoms with Gasteiger partial charge in [0.25, 0.3) is 0 Å². The molecule has 3 rings (SSSR count). The lowest BCUT2D eigenvalue weighted by Gasteiger charge is -2.01. The lowest BCUT2D eigenvalue weighted by atomic mass is 10.0. The Balaban J connectivity index is 2.19. The van der Waals surface area contributed by atoms with Gasteiger partial charge >= 0.3 is 0 Å². The Morgan fingerprint density at radius 2 is 1.58 bits per heavy atom. The van der Waals surface area contributed by atoms with Gasteiger partial charge in [-0.25, -0.2) is 0 Å². The molecule has 0 amide bonds. The molecule has 2 nitrogen and oxygen atoms in total. The summed E-state index contributed by atoms with van der Waals surface area (Å²) in [5.74, 6) is -0.215. The zero-order valence-corrected chi connectivity index (χ0v) is 10.8. The minimum absolute atomic E-state index is 0.191. The van der Waals surface area contributed by atoms with E-state index >= 15 is 0 Å². The van der Waals surface area contributed by atoms with Crippen LogP contribution in [0.25, 0.3) is 10.1 Å². The van der Waals surface area contributed by atoms with Crippen molar-refractivity contribution in [2.75, 3.05) is 0 Å². The fourth-order valence-electron chi connectivity index (χ4n) is 1.98. The number of carbonyl (C=O) groups is 1. The molecule has 0 fully saturated rings. The van der Waals surface area contributed by atoms with E-state index in [2.05, 4.69) is 0 Å². The molecule has 92 valence electrons. The minimum atomic E-state index is -0.215. The highest BCUT2D eigenvalue weighted by Gasteiger charge is 2.14. The molecule has 0 saturated carbocycles. The molecule has 0 radical (unpaired) electrons. The number of carbonyl (C=O) groups excluding carboxylic acids is 1. The van der Waals surface area contributed by atoms with Crippen LogP contribution >= 0.6 is 11.3 Å². The van der Waals surface area contributed by atoms with Crippen LogP contribution in [0.2, 0.25) is 0 Å². The maximum absolute atomic E-state index is 12.3. The van der Waals surface area contributed by atoms with E-state index in [-0.39, 0.29) is 16.8 Å². The van der Waals surface area contributed by atoms with Crippen molar-refractivity contribution < 1.29 is 4.79 Å². The maximum Gasteiger partial charge on any atom is 0.199 e. The minimum Gasteiger partial charge on any atom is -0.288 e. The summed E-state index contributed by atoms with van der Waals surface area (Å²) in [4.78, 5) is 24.6. The topological polar surface area (TPSA) is 34.1 Å². The molecule has 3 heteroatoms. The molecule has 0 N–H and O–H groups in total. The van der Waals surface area contributed by atoms with Gasteiger partial charge in [0.15, 0.2) is 11.2 Å². The summed E-state index contributed by atoms with van der Waals surface area (Å²) in [5, 5.41) is 2.26. The molecule has 0 unspecified atom stereocenters. The van der Waals surface area contributed by atoms with E-state index in [4.69, 9.17) is 0 Å². The van der Waals surface area contributed by atoms with Crippen molar-refractivity contribution in [2.24, 2.45) is 0 Å². The molecule has 0 atom stereocenters. The Kier molecular flexibility index (Phi) is 2.97. The molecule has 1 heterocycles. The summed E-state index contributed by atoms with van der Waals surface area (Å²) in [6.45, 7) is 0. The first-order chi connectivity index (χ1) is 9.27. The first-order valence-corrected chi connectivity index (χ1v) is 6.75. The molecular weight excluding hydrogens is 256 g/mol. The molecule has 0 aliphatic carbocycles. The average Bonchev–Trinajstić information content (AvgIpc) is 2.48. The van der Waals surface area contributed by atoms with E-state index in [1.165, 1.54) is 11.3 Å². The summed E-state index contributed by atoms with van der Waals surface area (Å²) in [6.07, 6.45) is 0. The van der Waals surface area contributed by atoms with Crippen molar-refractivity contribution >= 4 is 27.2 Å².